The minimum absolute atomic E-state index is 0.0459. The molecule has 0 bridgehead atoms. The number of aromatic hydroxyl groups is 1. The van der Waals surface area contributed by atoms with Crippen LogP contribution in [0.4, 0.5) is 43.9 Å². The van der Waals surface area contributed by atoms with Crippen LogP contribution < -0.4 is 0 Å². The fourth-order valence-corrected chi connectivity index (χ4v) is 8.57. The lowest BCUT2D eigenvalue weighted by Crippen LogP contribution is -2.60. The molecule has 1 unspecified atom stereocenters. The van der Waals surface area contributed by atoms with Crippen LogP contribution in [-0.4, -0.2) is 66.0 Å². The van der Waals surface area contributed by atoms with E-state index < -0.39 is 43.0 Å². The van der Waals surface area contributed by atoms with Crippen molar-refractivity contribution in [2.45, 2.75) is 126 Å². The Morgan fingerprint density at radius 3 is 2.28 bits per heavy atom. The van der Waals surface area contributed by atoms with Crippen LogP contribution in [0.2, 0.25) is 0 Å². The fraction of sp³-hybridized carbons (Fsp3) is 0.794. The molecule has 2 fully saturated rings. The first-order chi connectivity index (χ1) is 21.7. The molecule has 3 aliphatic rings. The molecule has 0 heterocycles. The first kappa shape index (κ1) is 37.8. The number of halogens is 10. The summed E-state index contributed by atoms with van der Waals surface area (Å²) in [6, 6.07) is 5.46. The van der Waals surface area contributed by atoms with E-state index in [1.165, 1.54) is 5.56 Å². The Kier molecular flexibility index (Phi) is 11.3. The largest absolute Gasteiger partial charge is 0.508 e. The Balaban J connectivity index is 1.20. The molecule has 0 aliphatic heterocycles. The molecule has 0 aromatic heterocycles. The van der Waals surface area contributed by atoms with Crippen molar-refractivity contribution in [1.29, 1.82) is 0 Å². The lowest BCUT2D eigenvalue weighted by atomic mass is 9.52. The maximum Gasteiger partial charge on any atom is 0.460 e. The van der Waals surface area contributed by atoms with Gasteiger partial charge in [0.25, 0.3) is 0 Å². The van der Waals surface area contributed by atoms with Gasteiger partial charge < -0.3 is 10.0 Å². The number of carbonyl (C=O) groups is 1. The van der Waals surface area contributed by atoms with Gasteiger partial charge in [-0.2, -0.15) is 39.5 Å². The standard InChI is InChI=1S/C34H45F10NO2/c1-30-15-13-26-25-10-9-24(46)20-21(25)18-22(29(26)27(30)11-12-28(30)47)19-23(35)8-7-17-45(2)16-6-4-3-5-14-31(36,37)32(38,39)33(40,41)34(42,43)44/h9-10,20,22-23,26-27,29,46H,3-8,11-19H2,1-2H3/t22-,23?,26+,27-,29+,30-/m0/s1. The van der Waals surface area contributed by atoms with Crippen LogP contribution in [0.25, 0.3) is 0 Å². The van der Waals surface area contributed by atoms with Crippen LogP contribution in [0.15, 0.2) is 18.2 Å². The van der Waals surface area contributed by atoms with Gasteiger partial charge in [-0.15, -0.1) is 0 Å². The van der Waals surface area contributed by atoms with Crippen LogP contribution >= 0.6 is 0 Å². The van der Waals surface area contributed by atoms with Crippen LogP contribution in [0.3, 0.4) is 0 Å². The number of Topliss-reactive ketones (excluding diaryl/α,β-unsaturated/α-hetero) is 1. The third-order valence-corrected chi connectivity index (χ3v) is 11.2. The van der Waals surface area contributed by atoms with Gasteiger partial charge in [0.15, 0.2) is 0 Å². The van der Waals surface area contributed by atoms with Gasteiger partial charge in [0.1, 0.15) is 17.7 Å². The summed E-state index contributed by atoms with van der Waals surface area (Å²) < 4.78 is 132. The summed E-state index contributed by atoms with van der Waals surface area (Å²) in [6.07, 6.45) is -4.71. The third kappa shape index (κ3) is 7.59. The topological polar surface area (TPSA) is 40.5 Å². The highest BCUT2D eigenvalue weighted by atomic mass is 19.4. The summed E-state index contributed by atoms with van der Waals surface area (Å²) in [5, 5.41) is 10.1. The Labute approximate surface area is 269 Å². The van der Waals surface area contributed by atoms with Crippen molar-refractivity contribution in [2.24, 2.45) is 23.2 Å². The van der Waals surface area contributed by atoms with E-state index in [1.807, 2.05) is 11.0 Å². The minimum atomic E-state index is -6.85. The van der Waals surface area contributed by atoms with E-state index in [9.17, 15) is 49.4 Å². The molecule has 0 spiro atoms. The maximum absolute atomic E-state index is 15.5. The van der Waals surface area contributed by atoms with Crippen LogP contribution in [0.5, 0.6) is 5.75 Å². The van der Waals surface area contributed by atoms with Crippen molar-refractivity contribution in [2.75, 3.05) is 20.1 Å². The molecule has 1 N–H and O–H groups in total. The molecule has 268 valence electrons. The Bertz CT molecular complexity index is 1240. The number of phenolic OH excluding ortho intramolecular Hbond substituents is 1. The number of phenols is 1. The predicted octanol–water partition coefficient (Wildman–Crippen LogP) is 9.90. The monoisotopic (exact) mass is 689 g/mol. The average Bonchev–Trinajstić information content (AvgIpc) is 3.27. The molecule has 0 radical (unpaired) electrons. The van der Waals surface area contributed by atoms with Gasteiger partial charge in [-0.3, -0.25) is 4.79 Å². The maximum atomic E-state index is 15.5. The Morgan fingerprint density at radius 1 is 0.936 bits per heavy atom. The number of nitrogens with zero attached hydrogens (tertiary/aromatic N) is 1. The van der Waals surface area contributed by atoms with Crippen LogP contribution in [-0.2, 0) is 11.2 Å². The van der Waals surface area contributed by atoms with Crippen molar-refractivity contribution >= 4 is 5.78 Å². The molecule has 47 heavy (non-hydrogen) atoms. The number of hydrogen-bond donors (Lipinski definition) is 1. The smallest absolute Gasteiger partial charge is 0.460 e. The second-order valence-corrected chi connectivity index (χ2v) is 14.3. The van der Waals surface area contributed by atoms with Crippen molar-refractivity contribution in [3.05, 3.63) is 29.3 Å². The number of benzene rings is 1. The first-order valence-corrected chi connectivity index (χ1v) is 16.6. The van der Waals surface area contributed by atoms with Gasteiger partial charge in [-0.1, -0.05) is 25.8 Å². The summed E-state index contributed by atoms with van der Waals surface area (Å²) in [5.74, 6) is -17.8. The highest BCUT2D eigenvalue weighted by Gasteiger charge is 2.81. The normalized spacial score (nSPS) is 27.5. The summed E-state index contributed by atoms with van der Waals surface area (Å²) in [7, 11) is 1.79. The van der Waals surface area contributed by atoms with Gasteiger partial charge in [-0.05, 0) is 125 Å². The quantitative estimate of drug-likeness (QED) is 0.147. The van der Waals surface area contributed by atoms with E-state index in [0.717, 1.165) is 24.8 Å². The SMILES string of the molecule is CN(CCCCCCC(F)(F)C(F)(F)C(F)(F)C(F)(F)F)CCCC(F)C[C@@H]1Cc2cc(O)ccc2[C@H]2CC[C@]3(C)C(=O)CC[C@H]3[C@H]12. The zero-order valence-electron chi connectivity index (χ0n) is 26.8. The summed E-state index contributed by atoms with van der Waals surface area (Å²) >= 11 is 0. The lowest BCUT2D eigenvalue weighted by Gasteiger charge is -2.52. The first-order valence-electron chi connectivity index (χ1n) is 16.6. The molecule has 4 rings (SSSR count). The number of ketones is 1. The second-order valence-electron chi connectivity index (χ2n) is 14.3. The number of hydrogen-bond acceptors (Lipinski definition) is 3. The molecular formula is C34H45F10NO2. The van der Waals surface area contributed by atoms with Crippen molar-refractivity contribution in [1.82, 2.24) is 4.90 Å². The van der Waals surface area contributed by atoms with Crippen molar-refractivity contribution < 1.29 is 53.8 Å². The Hall–Kier alpha value is -2.05. The van der Waals surface area contributed by atoms with Gasteiger partial charge >= 0.3 is 23.9 Å². The molecule has 3 aliphatic carbocycles. The molecule has 2 saturated carbocycles. The van der Waals surface area contributed by atoms with Gasteiger partial charge in [0.05, 0.1) is 0 Å². The zero-order chi connectivity index (χ0) is 35.0. The van der Waals surface area contributed by atoms with E-state index in [0.29, 0.717) is 57.4 Å². The fourth-order valence-electron chi connectivity index (χ4n) is 8.57. The number of fused-ring (bicyclic) bond motifs is 5. The molecule has 6 atom stereocenters. The lowest BCUT2D eigenvalue weighted by molar-refractivity contribution is -0.396. The molecule has 1 aromatic carbocycles. The van der Waals surface area contributed by atoms with Crippen molar-refractivity contribution in [3.8, 4) is 5.75 Å². The predicted molar refractivity (Wildman–Crippen MR) is 157 cm³/mol. The van der Waals surface area contributed by atoms with Gasteiger partial charge in [0.2, 0.25) is 0 Å². The molecule has 3 nitrogen and oxygen atoms in total. The summed E-state index contributed by atoms with van der Waals surface area (Å²) in [6.45, 7) is 3.10. The second kappa shape index (κ2) is 14.1. The molecular weight excluding hydrogens is 644 g/mol. The van der Waals surface area contributed by atoms with Gasteiger partial charge in [0, 0.05) is 18.3 Å². The number of unbranched alkanes of at least 4 members (excludes halogenated alkanes) is 3. The average molecular weight is 690 g/mol. The third-order valence-electron chi connectivity index (χ3n) is 11.2. The van der Waals surface area contributed by atoms with E-state index >= 15 is 4.39 Å². The molecule has 0 amide bonds. The minimum Gasteiger partial charge on any atom is -0.508 e. The van der Waals surface area contributed by atoms with E-state index in [1.54, 1.807) is 19.2 Å². The number of alkyl halides is 10. The Morgan fingerprint density at radius 2 is 1.60 bits per heavy atom. The molecule has 13 heteroatoms. The van der Waals surface area contributed by atoms with Gasteiger partial charge in [-0.25, -0.2) is 4.39 Å². The number of rotatable bonds is 15. The number of carbonyl (C=O) groups excluding carboxylic acids is 1. The summed E-state index contributed by atoms with van der Waals surface area (Å²) in [4.78, 5) is 14.8. The highest BCUT2D eigenvalue weighted by molar-refractivity contribution is 5.87. The zero-order valence-corrected chi connectivity index (χ0v) is 26.8. The van der Waals surface area contributed by atoms with Crippen LogP contribution in [0, 0.1) is 23.2 Å². The van der Waals surface area contributed by atoms with E-state index in [-0.39, 0.29) is 47.7 Å². The molecule has 0 saturated heterocycles. The summed E-state index contributed by atoms with van der Waals surface area (Å²) in [5.41, 5.74) is 1.89. The van der Waals surface area contributed by atoms with Crippen LogP contribution in [0.1, 0.15) is 101 Å². The highest BCUT2D eigenvalue weighted by Crippen LogP contribution is 2.62. The van der Waals surface area contributed by atoms with Crippen molar-refractivity contribution in [3.63, 3.8) is 0 Å². The molecule has 1 aromatic rings. The van der Waals surface area contributed by atoms with E-state index in [2.05, 4.69) is 6.92 Å². The van der Waals surface area contributed by atoms with E-state index in [4.69, 9.17) is 0 Å².